The first-order valence-electron chi connectivity index (χ1n) is 6.88. The summed E-state index contributed by atoms with van der Waals surface area (Å²) in [5, 5.41) is 2.75. The Bertz CT molecular complexity index is 496. The van der Waals surface area contributed by atoms with E-state index in [4.69, 9.17) is 4.74 Å². The summed E-state index contributed by atoms with van der Waals surface area (Å²) in [5.41, 5.74) is 1.42. The van der Waals surface area contributed by atoms with Crippen LogP contribution in [0.4, 0.5) is 0 Å². The lowest BCUT2D eigenvalue weighted by Crippen LogP contribution is -2.36. The lowest BCUT2D eigenvalue weighted by Gasteiger charge is -2.13. The molecular weight excluding hydrogens is 254 g/mol. The number of allylic oxidation sites excluding steroid dienone is 1. The molecule has 0 spiro atoms. The van der Waals surface area contributed by atoms with Crippen LogP contribution in [-0.4, -0.2) is 24.8 Å². The lowest BCUT2D eigenvalue weighted by molar-refractivity contribution is -0.109. The molecule has 4 nitrogen and oxygen atoms in total. The monoisotopic (exact) mass is 273 g/mol. The van der Waals surface area contributed by atoms with Crippen LogP contribution < -0.4 is 5.32 Å². The van der Waals surface area contributed by atoms with Gasteiger partial charge in [0.2, 0.25) is 0 Å². The van der Waals surface area contributed by atoms with Crippen LogP contribution in [-0.2, 0) is 16.1 Å². The van der Waals surface area contributed by atoms with Crippen LogP contribution in [0.15, 0.2) is 36.4 Å². The van der Waals surface area contributed by atoms with Crippen LogP contribution in [0.25, 0.3) is 0 Å². The van der Waals surface area contributed by atoms with Crippen molar-refractivity contribution in [2.24, 2.45) is 0 Å². The molecule has 1 atom stereocenters. The van der Waals surface area contributed by atoms with Crippen LogP contribution >= 0.6 is 0 Å². The number of hydrogen-bond acceptors (Lipinski definition) is 3. The van der Waals surface area contributed by atoms with Gasteiger partial charge in [-0.15, -0.1) is 0 Å². The van der Waals surface area contributed by atoms with Crippen molar-refractivity contribution in [1.29, 1.82) is 0 Å². The van der Waals surface area contributed by atoms with Crippen molar-refractivity contribution in [3.05, 3.63) is 47.5 Å². The molecule has 0 unspecified atom stereocenters. The van der Waals surface area contributed by atoms with E-state index in [1.54, 1.807) is 6.07 Å². The van der Waals surface area contributed by atoms with Crippen molar-refractivity contribution < 1.29 is 14.3 Å². The summed E-state index contributed by atoms with van der Waals surface area (Å²) in [6.45, 7) is 1.08. The molecule has 0 aliphatic carbocycles. The molecule has 0 bridgehead atoms. The number of carbonyl (C=O) groups is 2. The fourth-order valence-corrected chi connectivity index (χ4v) is 2.11. The zero-order valence-electron chi connectivity index (χ0n) is 11.4. The Labute approximate surface area is 118 Å². The van der Waals surface area contributed by atoms with E-state index in [0.717, 1.165) is 24.7 Å². The average molecular weight is 273 g/mol. The van der Waals surface area contributed by atoms with Gasteiger partial charge in [0, 0.05) is 12.2 Å². The molecule has 0 radical (unpaired) electrons. The molecule has 1 aliphatic heterocycles. The predicted molar refractivity (Wildman–Crippen MR) is 76.4 cm³/mol. The molecule has 1 amide bonds. The lowest BCUT2D eigenvalue weighted by atomic mass is 10.1. The molecule has 1 N–H and O–H groups in total. The first-order chi connectivity index (χ1) is 9.81. The van der Waals surface area contributed by atoms with E-state index in [-0.39, 0.29) is 5.91 Å². The van der Waals surface area contributed by atoms with Crippen LogP contribution in [0.1, 0.15) is 35.2 Å². The normalized spacial score (nSPS) is 22.4. The number of nitrogens with one attached hydrogen (secondary N) is 1. The molecular formula is C16H19NO3. The van der Waals surface area contributed by atoms with E-state index >= 15 is 0 Å². The third-order valence-electron chi connectivity index (χ3n) is 3.22. The molecule has 1 aromatic carbocycles. The zero-order valence-corrected chi connectivity index (χ0v) is 11.4. The van der Waals surface area contributed by atoms with Gasteiger partial charge in [-0.3, -0.25) is 4.79 Å². The van der Waals surface area contributed by atoms with Crippen molar-refractivity contribution in [2.45, 2.75) is 31.9 Å². The summed E-state index contributed by atoms with van der Waals surface area (Å²) in [6, 6.07) is 6.85. The fourth-order valence-electron chi connectivity index (χ4n) is 2.11. The van der Waals surface area contributed by atoms with Crippen LogP contribution in [0.2, 0.25) is 0 Å². The van der Waals surface area contributed by atoms with Gasteiger partial charge in [0.15, 0.2) is 0 Å². The highest BCUT2D eigenvalue weighted by Crippen LogP contribution is 2.12. The summed E-state index contributed by atoms with van der Waals surface area (Å²) in [6.07, 6.45) is 7.12. The summed E-state index contributed by atoms with van der Waals surface area (Å²) in [7, 11) is 0. The Morgan fingerprint density at radius 1 is 1.25 bits per heavy atom. The minimum Gasteiger partial charge on any atom is -0.377 e. The van der Waals surface area contributed by atoms with Crippen molar-refractivity contribution in [3.63, 3.8) is 0 Å². The molecule has 2 rings (SSSR count). The Morgan fingerprint density at radius 3 is 2.95 bits per heavy atom. The second-order valence-corrected chi connectivity index (χ2v) is 4.78. The number of amides is 1. The Hall–Kier alpha value is -1.94. The van der Waals surface area contributed by atoms with E-state index in [1.807, 2.05) is 30.4 Å². The number of carbonyl (C=O) groups excluding carboxylic acids is 2. The number of ether oxygens (including phenoxy) is 1. The molecule has 4 heteroatoms. The van der Waals surface area contributed by atoms with E-state index < -0.39 is 6.04 Å². The second-order valence-electron chi connectivity index (χ2n) is 4.78. The first kappa shape index (κ1) is 14.5. The number of rotatable bonds is 1. The quantitative estimate of drug-likeness (QED) is 0.630. The van der Waals surface area contributed by atoms with Crippen LogP contribution in [0.5, 0.6) is 0 Å². The fraction of sp³-hybridized carbons (Fsp3) is 0.375. The Balaban J connectivity index is 2.20. The highest BCUT2D eigenvalue weighted by atomic mass is 16.5. The van der Waals surface area contributed by atoms with E-state index in [0.29, 0.717) is 25.2 Å². The zero-order chi connectivity index (χ0) is 14.2. The minimum atomic E-state index is -0.478. The van der Waals surface area contributed by atoms with Gasteiger partial charge in [-0.25, -0.2) is 0 Å². The maximum atomic E-state index is 12.2. The standard InChI is InChI=1S/C16H19NO3/c18-11-14-8-3-1-2-6-10-20-12-13-7-4-5-9-15(13)16(19)17-14/h1,3-5,7,9,11,14H,2,6,8,10,12H2,(H,17,19)/b3-1-/t14-/m0/s1. The first-order valence-corrected chi connectivity index (χ1v) is 6.88. The van der Waals surface area contributed by atoms with Gasteiger partial charge in [-0.2, -0.15) is 0 Å². The molecule has 1 aliphatic rings. The summed E-state index contributed by atoms with van der Waals surface area (Å²) in [5.74, 6) is -0.228. The molecule has 0 fully saturated rings. The third-order valence-corrected chi connectivity index (χ3v) is 3.22. The highest BCUT2D eigenvalue weighted by molar-refractivity contribution is 5.97. The Kier molecular flexibility index (Phi) is 5.50. The van der Waals surface area contributed by atoms with Crippen molar-refractivity contribution >= 4 is 12.2 Å². The van der Waals surface area contributed by atoms with Gasteiger partial charge in [-0.05, 0) is 30.9 Å². The largest absolute Gasteiger partial charge is 0.377 e. The van der Waals surface area contributed by atoms with E-state index in [1.165, 1.54) is 0 Å². The number of fused-ring (bicyclic) bond motifs is 1. The van der Waals surface area contributed by atoms with Gasteiger partial charge in [-0.1, -0.05) is 30.4 Å². The molecule has 0 saturated heterocycles. The highest BCUT2D eigenvalue weighted by Gasteiger charge is 2.15. The van der Waals surface area contributed by atoms with Gasteiger partial charge in [0.1, 0.15) is 6.29 Å². The topological polar surface area (TPSA) is 55.4 Å². The van der Waals surface area contributed by atoms with Crippen LogP contribution in [0, 0.1) is 0 Å². The minimum absolute atomic E-state index is 0.228. The number of benzene rings is 1. The van der Waals surface area contributed by atoms with Crippen LogP contribution in [0.3, 0.4) is 0 Å². The maximum Gasteiger partial charge on any atom is 0.252 e. The van der Waals surface area contributed by atoms with Crippen molar-refractivity contribution in [1.82, 2.24) is 5.32 Å². The summed E-state index contributed by atoms with van der Waals surface area (Å²) in [4.78, 5) is 23.3. The van der Waals surface area contributed by atoms with Gasteiger partial charge >= 0.3 is 0 Å². The van der Waals surface area contributed by atoms with Gasteiger partial charge in [0.05, 0.1) is 12.6 Å². The SMILES string of the molecule is O=C[C@@H]1C/C=C\CCCOCc2ccccc2C(=O)N1. The number of hydrogen-bond donors (Lipinski definition) is 1. The van der Waals surface area contributed by atoms with E-state index in [9.17, 15) is 9.59 Å². The second kappa shape index (κ2) is 7.60. The number of aldehydes is 1. The van der Waals surface area contributed by atoms with Crippen molar-refractivity contribution in [2.75, 3.05) is 6.61 Å². The smallest absolute Gasteiger partial charge is 0.252 e. The Morgan fingerprint density at radius 2 is 2.10 bits per heavy atom. The molecule has 106 valence electrons. The maximum absolute atomic E-state index is 12.2. The van der Waals surface area contributed by atoms with Crippen molar-refractivity contribution in [3.8, 4) is 0 Å². The molecule has 1 heterocycles. The van der Waals surface area contributed by atoms with Gasteiger partial charge in [0.25, 0.3) is 5.91 Å². The predicted octanol–water partition coefficient (Wildman–Crippen LogP) is 2.24. The molecule has 20 heavy (non-hydrogen) atoms. The molecule has 0 aromatic heterocycles. The molecule has 0 saturated carbocycles. The summed E-state index contributed by atoms with van der Waals surface area (Å²) < 4.78 is 5.59. The summed E-state index contributed by atoms with van der Waals surface area (Å²) >= 11 is 0. The third kappa shape index (κ3) is 4.03. The molecule has 1 aromatic rings. The average Bonchev–Trinajstić information content (AvgIpc) is 2.49. The van der Waals surface area contributed by atoms with E-state index in [2.05, 4.69) is 5.32 Å². The van der Waals surface area contributed by atoms with Gasteiger partial charge < -0.3 is 14.8 Å².